The molecule has 0 fully saturated rings. The third kappa shape index (κ3) is 8.89. The van der Waals surface area contributed by atoms with Crippen LogP contribution in [0.15, 0.2) is 82.7 Å². The van der Waals surface area contributed by atoms with Gasteiger partial charge in [-0.1, -0.05) is 24.3 Å². The number of nitrogens with zero attached hydrogens (tertiary/aromatic N) is 3. The van der Waals surface area contributed by atoms with Gasteiger partial charge in [0.15, 0.2) is 0 Å². The molecule has 3 N–H and O–H groups in total. The summed E-state index contributed by atoms with van der Waals surface area (Å²) in [4.78, 5) is 20.2. The fourth-order valence-electron chi connectivity index (χ4n) is 4.54. The second-order valence-corrected chi connectivity index (χ2v) is 9.99. The molecular formula is C32H44FN5O2. The first-order valence-electron chi connectivity index (χ1n) is 13.4. The van der Waals surface area contributed by atoms with Crippen LogP contribution in [0, 0.1) is 12.7 Å². The largest absolute Gasteiger partial charge is 0.388 e. The number of aliphatic hydroxyl groups is 1. The first-order valence-corrected chi connectivity index (χ1v) is 13.4. The SMILES string of the molecule is C=C(/C=C(\C)C(C)N1CC=C(c2c(C)cc(C(=O)N(C)C)cc2F)CC1)C(=C\C=NC)/C=C(\C=C/NCO)NC. The van der Waals surface area contributed by atoms with E-state index >= 15 is 4.39 Å². The summed E-state index contributed by atoms with van der Waals surface area (Å²) in [5.41, 5.74) is 6.47. The van der Waals surface area contributed by atoms with Gasteiger partial charge >= 0.3 is 0 Å². The van der Waals surface area contributed by atoms with Gasteiger partial charge in [0.05, 0.1) is 0 Å². The van der Waals surface area contributed by atoms with Crippen molar-refractivity contribution >= 4 is 17.7 Å². The van der Waals surface area contributed by atoms with Gasteiger partial charge in [-0.15, -0.1) is 0 Å². The molecule has 1 unspecified atom stereocenters. The summed E-state index contributed by atoms with van der Waals surface area (Å²) in [6.07, 6.45) is 14.0. The van der Waals surface area contributed by atoms with Crippen molar-refractivity contribution in [2.24, 2.45) is 4.99 Å². The molecule has 0 aliphatic carbocycles. The van der Waals surface area contributed by atoms with Gasteiger partial charge < -0.3 is 20.6 Å². The topological polar surface area (TPSA) is 80.2 Å². The zero-order valence-corrected chi connectivity index (χ0v) is 24.9. The van der Waals surface area contributed by atoms with Gasteiger partial charge in [-0.05, 0) is 79.8 Å². The fourth-order valence-corrected chi connectivity index (χ4v) is 4.54. The number of hydrogen-bond acceptors (Lipinski definition) is 6. The van der Waals surface area contributed by atoms with Gasteiger partial charge in [-0.2, -0.15) is 0 Å². The highest BCUT2D eigenvalue weighted by Gasteiger charge is 2.23. The van der Waals surface area contributed by atoms with Crippen LogP contribution in [0.25, 0.3) is 5.57 Å². The Balaban J connectivity index is 2.22. The van der Waals surface area contributed by atoms with Gasteiger partial charge in [0.1, 0.15) is 12.5 Å². The van der Waals surface area contributed by atoms with Crippen LogP contribution in [0.1, 0.15) is 41.8 Å². The van der Waals surface area contributed by atoms with Crippen LogP contribution in [0.5, 0.6) is 0 Å². The molecule has 40 heavy (non-hydrogen) atoms. The van der Waals surface area contributed by atoms with Crippen LogP contribution >= 0.6 is 0 Å². The number of aliphatic imine (C=N–C) groups is 1. The van der Waals surface area contributed by atoms with Crippen LogP contribution < -0.4 is 10.6 Å². The van der Waals surface area contributed by atoms with Crippen molar-refractivity contribution < 1.29 is 14.3 Å². The summed E-state index contributed by atoms with van der Waals surface area (Å²) in [7, 11) is 6.88. The maximum absolute atomic E-state index is 15.1. The minimum atomic E-state index is -0.351. The van der Waals surface area contributed by atoms with Gasteiger partial charge in [0.25, 0.3) is 5.91 Å². The highest BCUT2D eigenvalue weighted by atomic mass is 19.1. The number of carbonyl (C=O) groups is 1. The van der Waals surface area contributed by atoms with Crippen LogP contribution in [-0.2, 0) is 0 Å². The zero-order chi connectivity index (χ0) is 29.8. The van der Waals surface area contributed by atoms with Crippen molar-refractivity contribution in [1.82, 2.24) is 20.4 Å². The third-order valence-corrected chi connectivity index (χ3v) is 6.96. The number of rotatable bonds is 12. The summed E-state index contributed by atoms with van der Waals surface area (Å²) in [5, 5.41) is 14.8. The molecule has 8 heteroatoms. The molecule has 1 atom stereocenters. The Hall–Kier alpha value is -3.75. The minimum absolute atomic E-state index is 0.142. The Labute approximate surface area is 238 Å². The lowest BCUT2D eigenvalue weighted by atomic mass is 9.92. The Morgan fingerprint density at radius 1 is 1.32 bits per heavy atom. The van der Waals surface area contributed by atoms with Crippen molar-refractivity contribution in [3.63, 3.8) is 0 Å². The van der Waals surface area contributed by atoms with E-state index in [0.29, 0.717) is 17.7 Å². The Bertz CT molecular complexity index is 1230. The summed E-state index contributed by atoms with van der Waals surface area (Å²) < 4.78 is 15.1. The first-order chi connectivity index (χ1) is 19.0. The number of allylic oxidation sites excluding steroid dienone is 6. The van der Waals surface area contributed by atoms with Crippen molar-refractivity contribution in [3.8, 4) is 0 Å². The van der Waals surface area contributed by atoms with Gasteiger partial charge in [0.2, 0.25) is 0 Å². The van der Waals surface area contributed by atoms with Crippen molar-refractivity contribution in [2.75, 3.05) is 48.0 Å². The van der Waals surface area contributed by atoms with E-state index in [1.807, 2.05) is 32.2 Å². The quantitative estimate of drug-likeness (QED) is 0.202. The smallest absolute Gasteiger partial charge is 0.253 e. The molecule has 0 radical (unpaired) electrons. The van der Waals surface area contributed by atoms with Gasteiger partial charge in [0, 0.05) is 76.6 Å². The predicted molar refractivity (Wildman–Crippen MR) is 165 cm³/mol. The maximum atomic E-state index is 15.1. The molecule has 0 saturated carbocycles. The second-order valence-electron chi connectivity index (χ2n) is 9.99. The normalized spacial score (nSPS) is 16.3. The van der Waals surface area contributed by atoms with E-state index in [1.165, 1.54) is 11.0 Å². The second kappa shape index (κ2) is 15.7. The van der Waals surface area contributed by atoms with Crippen molar-refractivity contribution in [3.05, 3.63) is 100 Å². The molecule has 1 heterocycles. The number of amides is 1. The lowest BCUT2D eigenvalue weighted by Crippen LogP contribution is -2.37. The number of halogens is 1. The molecule has 0 spiro atoms. The van der Waals surface area contributed by atoms with Crippen LogP contribution in [0.4, 0.5) is 4.39 Å². The highest BCUT2D eigenvalue weighted by Crippen LogP contribution is 2.30. The highest BCUT2D eigenvalue weighted by molar-refractivity contribution is 5.94. The van der Waals surface area contributed by atoms with E-state index in [2.05, 4.69) is 53.1 Å². The fraction of sp³-hybridized carbons (Fsp3) is 0.375. The number of likely N-dealkylation sites (N-methyl/N-ethyl adjacent to an activating group) is 1. The number of benzene rings is 1. The van der Waals surface area contributed by atoms with Crippen molar-refractivity contribution in [1.29, 1.82) is 0 Å². The Morgan fingerprint density at radius 3 is 2.60 bits per heavy atom. The van der Waals surface area contributed by atoms with Gasteiger partial charge in [-0.25, -0.2) is 4.39 Å². The summed E-state index contributed by atoms with van der Waals surface area (Å²) in [6, 6.07) is 3.28. The molecule has 1 amide bonds. The molecule has 1 aliphatic heterocycles. The number of carbonyl (C=O) groups excluding carboxylic acids is 1. The van der Waals surface area contributed by atoms with E-state index in [0.717, 1.165) is 46.5 Å². The molecule has 7 nitrogen and oxygen atoms in total. The van der Waals surface area contributed by atoms with E-state index in [-0.39, 0.29) is 24.5 Å². The standard InChI is InChI=1S/C32H44FN5O2/c1-22(17-23(2)27(9-13-34-5)19-29(35-6)10-14-36-21-39)25(4)38-15-11-26(12-16-38)31-24(3)18-28(20-30(31)33)32(40)37(7)8/h9-11,13-14,17-20,25,35-36,39H,2,12,15-16,21H2,1,3-8H3/b14-10-,22-17+,27-9-,29-19+,34-13?. The molecule has 1 aromatic rings. The summed E-state index contributed by atoms with van der Waals surface area (Å²) >= 11 is 0. The molecule has 1 aromatic carbocycles. The van der Waals surface area contributed by atoms with E-state index in [4.69, 9.17) is 5.11 Å². The van der Waals surface area contributed by atoms with Crippen LogP contribution in [0.3, 0.4) is 0 Å². The van der Waals surface area contributed by atoms with Gasteiger partial charge in [-0.3, -0.25) is 14.7 Å². The average Bonchev–Trinajstić information content (AvgIpc) is 2.93. The summed E-state index contributed by atoms with van der Waals surface area (Å²) in [6.45, 7) is 11.8. The molecule has 0 saturated heterocycles. The molecule has 1 aliphatic rings. The Morgan fingerprint density at radius 2 is 2.05 bits per heavy atom. The number of aryl methyl sites for hydroxylation is 1. The third-order valence-electron chi connectivity index (χ3n) is 6.96. The summed E-state index contributed by atoms with van der Waals surface area (Å²) in [5.74, 6) is -0.556. The molecule has 0 aromatic heterocycles. The number of aliphatic hydroxyl groups excluding tert-OH is 1. The molecule has 2 rings (SSSR count). The molecule has 216 valence electrons. The molecular weight excluding hydrogens is 505 g/mol. The van der Waals surface area contributed by atoms with E-state index < -0.39 is 0 Å². The lowest BCUT2D eigenvalue weighted by Gasteiger charge is -2.33. The van der Waals surface area contributed by atoms with Crippen molar-refractivity contribution in [2.45, 2.75) is 33.2 Å². The monoisotopic (exact) mass is 549 g/mol. The molecule has 0 bridgehead atoms. The number of hydrogen-bond donors (Lipinski definition) is 3. The average molecular weight is 550 g/mol. The van der Waals surface area contributed by atoms with E-state index in [1.54, 1.807) is 39.6 Å². The van der Waals surface area contributed by atoms with Crippen LogP contribution in [0.2, 0.25) is 0 Å². The van der Waals surface area contributed by atoms with Crippen LogP contribution in [-0.4, -0.2) is 81.1 Å². The first kappa shape index (κ1) is 32.5. The number of nitrogens with one attached hydrogen (secondary N) is 2. The predicted octanol–water partition coefficient (Wildman–Crippen LogP) is 4.60. The maximum Gasteiger partial charge on any atom is 0.253 e. The lowest BCUT2D eigenvalue weighted by molar-refractivity contribution is 0.0827. The zero-order valence-electron chi connectivity index (χ0n) is 24.9. The Kier molecular flexibility index (Phi) is 12.8. The minimum Gasteiger partial charge on any atom is -0.388 e. The van der Waals surface area contributed by atoms with E-state index in [9.17, 15) is 4.79 Å².